The number of nitrogens with zero attached hydrogens (tertiary/aromatic N) is 2. The number of aryl methyl sites for hydroxylation is 3. The number of rotatable bonds is 5. The Morgan fingerprint density at radius 2 is 1.68 bits per heavy atom. The topological polar surface area (TPSA) is 61.3 Å². The first-order valence-corrected chi connectivity index (χ1v) is 8.14. The van der Waals surface area contributed by atoms with E-state index in [1.165, 1.54) is 0 Å². The summed E-state index contributed by atoms with van der Waals surface area (Å²) in [7, 11) is 0. The molecule has 2 aromatic carbocycles. The van der Waals surface area contributed by atoms with Gasteiger partial charge in [0.25, 0.3) is 0 Å². The van der Waals surface area contributed by atoms with E-state index in [2.05, 4.69) is 9.97 Å². The molecule has 3 aromatic rings. The summed E-state index contributed by atoms with van der Waals surface area (Å²) in [5, 5.41) is 0. The summed E-state index contributed by atoms with van der Waals surface area (Å²) in [6.07, 6.45) is 0. The summed E-state index contributed by atoms with van der Waals surface area (Å²) in [6, 6.07) is 12.9. The molecule has 25 heavy (non-hydrogen) atoms. The first kappa shape index (κ1) is 16.9. The third-order valence-corrected chi connectivity index (χ3v) is 3.89. The number of carbonyl (C=O) groups is 1. The lowest BCUT2D eigenvalue weighted by atomic mass is 10.2. The minimum absolute atomic E-state index is 0.184. The molecule has 5 heteroatoms. The van der Waals surface area contributed by atoms with Crippen molar-refractivity contribution in [2.24, 2.45) is 0 Å². The molecule has 0 aliphatic rings. The quantitative estimate of drug-likeness (QED) is 0.524. The molecule has 0 aliphatic heterocycles. The molecule has 128 valence electrons. The number of esters is 1. The van der Waals surface area contributed by atoms with Gasteiger partial charge in [0.1, 0.15) is 19.0 Å². The second-order valence-corrected chi connectivity index (χ2v) is 5.90. The maximum atomic E-state index is 12.2. The Kier molecular flexibility index (Phi) is 4.93. The number of benzene rings is 2. The van der Waals surface area contributed by atoms with E-state index in [0.29, 0.717) is 17.7 Å². The van der Waals surface area contributed by atoms with Gasteiger partial charge in [0.15, 0.2) is 0 Å². The summed E-state index contributed by atoms with van der Waals surface area (Å²) in [6.45, 7) is 6.30. The fourth-order valence-electron chi connectivity index (χ4n) is 2.44. The van der Waals surface area contributed by atoms with Gasteiger partial charge in [-0.05, 0) is 56.7 Å². The van der Waals surface area contributed by atoms with Gasteiger partial charge in [-0.2, -0.15) is 0 Å². The average Bonchev–Trinajstić information content (AvgIpc) is 2.59. The molecule has 1 aromatic heterocycles. The zero-order chi connectivity index (χ0) is 17.8. The van der Waals surface area contributed by atoms with E-state index in [1.54, 1.807) is 18.2 Å². The molecule has 0 saturated carbocycles. The third kappa shape index (κ3) is 4.12. The molecule has 3 rings (SSSR count). The van der Waals surface area contributed by atoms with Crippen LogP contribution in [0.1, 0.15) is 27.3 Å². The van der Waals surface area contributed by atoms with Gasteiger partial charge in [-0.25, -0.2) is 14.8 Å². The van der Waals surface area contributed by atoms with E-state index in [9.17, 15) is 4.79 Å². The molecule has 0 N–H and O–H groups in total. The van der Waals surface area contributed by atoms with E-state index in [4.69, 9.17) is 9.47 Å². The molecule has 1 heterocycles. The van der Waals surface area contributed by atoms with Crippen molar-refractivity contribution in [1.82, 2.24) is 9.97 Å². The van der Waals surface area contributed by atoms with Crippen molar-refractivity contribution in [3.63, 3.8) is 0 Å². The molecule has 0 aliphatic carbocycles. The fraction of sp³-hybridized carbons (Fsp3) is 0.250. The molecular formula is C20H20N2O3. The van der Waals surface area contributed by atoms with Gasteiger partial charge in [-0.1, -0.05) is 12.1 Å². The van der Waals surface area contributed by atoms with Crippen molar-refractivity contribution in [3.05, 3.63) is 65.0 Å². The minimum atomic E-state index is -0.394. The molecule has 0 amide bonds. The largest absolute Gasteiger partial charge is 0.490 e. The monoisotopic (exact) mass is 336 g/mol. The Balaban J connectivity index is 1.59. The van der Waals surface area contributed by atoms with Crippen LogP contribution in [0.25, 0.3) is 11.0 Å². The summed E-state index contributed by atoms with van der Waals surface area (Å²) in [5.41, 5.74) is 4.77. The van der Waals surface area contributed by atoms with Crippen LogP contribution in [0.3, 0.4) is 0 Å². The van der Waals surface area contributed by atoms with Gasteiger partial charge in [-0.3, -0.25) is 0 Å². The summed E-state index contributed by atoms with van der Waals surface area (Å²) >= 11 is 0. The lowest BCUT2D eigenvalue weighted by Crippen LogP contribution is -2.12. The van der Waals surface area contributed by atoms with Gasteiger partial charge < -0.3 is 9.47 Å². The van der Waals surface area contributed by atoms with Crippen molar-refractivity contribution < 1.29 is 14.3 Å². The first-order valence-electron chi connectivity index (χ1n) is 8.14. The molecule has 5 nitrogen and oxygen atoms in total. The number of hydrogen-bond acceptors (Lipinski definition) is 5. The van der Waals surface area contributed by atoms with Crippen LogP contribution >= 0.6 is 0 Å². The van der Waals surface area contributed by atoms with Crippen LogP contribution in [0.15, 0.2) is 42.5 Å². The second kappa shape index (κ2) is 7.30. The van der Waals surface area contributed by atoms with Gasteiger partial charge in [0.05, 0.1) is 28.0 Å². The highest BCUT2D eigenvalue weighted by Crippen LogP contribution is 2.15. The van der Waals surface area contributed by atoms with Crippen LogP contribution in [-0.4, -0.2) is 29.2 Å². The number of carbonyl (C=O) groups excluding carboxylic acids is 1. The maximum absolute atomic E-state index is 12.2. The highest BCUT2D eigenvalue weighted by atomic mass is 16.6. The molecule has 0 atom stereocenters. The number of aromatic nitrogens is 2. The SMILES string of the molecule is Cc1cccc(OCCOC(=O)c2ccc3nc(C)c(C)nc3c2)c1. The van der Waals surface area contributed by atoms with Crippen molar-refractivity contribution in [2.45, 2.75) is 20.8 Å². The predicted molar refractivity (Wildman–Crippen MR) is 96.0 cm³/mol. The van der Waals surface area contributed by atoms with E-state index < -0.39 is 5.97 Å². The van der Waals surface area contributed by atoms with E-state index in [1.807, 2.05) is 45.0 Å². The molecule has 0 fully saturated rings. The summed E-state index contributed by atoms with van der Waals surface area (Å²) in [5.74, 6) is 0.373. The van der Waals surface area contributed by atoms with Crippen LogP contribution in [0.2, 0.25) is 0 Å². The van der Waals surface area contributed by atoms with Crippen molar-refractivity contribution >= 4 is 17.0 Å². The Bertz CT molecular complexity index is 922. The minimum Gasteiger partial charge on any atom is -0.490 e. The van der Waals surface area contributed by atoms with E-state index >= 15 is 0 Å². The normalized spacial score (nSPS) is 10.7. The Labute approximate surface area is 146 Å². The standard InChI is InChI=1S/C20H20N2O3/c1-13-5-4-6-17(11-13)24-9-10-25-20(23)16-7-8-18-19(12-16)22-15(3)14(2)21-18/h4-8,11-12H,9-10H2,1-3H3. The molecule has 0 spiro atoms. The van der Waals surface area contributed by atoms with Crippen molar-refractivity contribution in [2.75, 3.05) is 13.2 Å². The highest BCUT2D eigenvalue weighted by molar-refractivity contribution is 5.93. The Hall–Kier alpha value is -2.95. The van der Waals surface area contributed by atoms with Crippen LogP contribution in [0, 0.1) is 20.8 Å². The van der Waals surface area contributed by atoms with Gasteiger partial charge in [-0.15, -0.1) is 0 Å². The molecule has 0 unspecified atom stereocenters. The van der Waals surface area contributed by atoms with E-state index in [-0.39, 0.29) is 6.61 Å². The smallest absolute Gasteiger partial charge is 0.338 e. The fourth-order valence-corrected chi connectivity index (χ4v) is 2.44. The lowest BCUT2D eigenvalue weighted by molar-refractivity contribution is 0.0450. The van der Waals surface area contributed by atoms with Gasteiger partial charge in [0.2, 0.25) is 0 Å². The first-order chi connectivity index (χ1) is 12.0. The molecule has 0 radical (unpaired) electrons. The zero-order valence-corrected chi connectivity index (χ0v) is 14.6. The third-order valence-electron chi connectivity index (χ3n) is 3.89. The molecule has 0 bridgehead atoms. The summed E-state index contributed by atoms with van der Waals surface area (Å²) in [4.78, 5) is 21.1. The Morgan fingerprint density at radius 1 is 0.920 bits per heavy atom. The molecule has 0 saturated heterocycles. The van der Waals surface area contributed by atoms with Crippen LogP contribution in [-0.2, 0) is 4.74 Å². The summed E-state index contributed by atoms with van der Waals surface area (Å²) < 4.78 is 10.8. The number of fused-ring (bicyclic) bond motifs is 1. The molecular weight excluding hydrogens is 316 g/mol. The van der Waals surface area contributed by atoms with E-state index in [0.717, 1.165) is 28.2 Å². The maximum Gasteiger partial charge on any atom is 0.338 e. The van der Waals surface area contributed by atoms with Crippen molar-refractivity contribution in [1.29, 1.82) is 0 Å². The van der Waals surface area contributed by atoms with Gasteiger partial charge in [0, 0.05) is 0 Å². The van der Waals surface area contributed by atoms with Crippen LogP contribution in [0.5, 0.6) is 5.75 Å². The zero-order valence-electron chi connectivity index (χ0n) is 14.6. The van der Waals surface area contributed by atoms with Crippen LogP contribution < -0.4 is 4.74 Å². The number of hydrogen-bond donors (Lipinski definition) is 0. The lowest BCUT2D eigenvalue weighted by Gasteiger charge is -2.08. The second-order valence-electron chi connectivity index (χ2n) is 5.90. The van der Waals surface area contributed by atoms with Crippen molar-refractivity contribution in [3.8, 4) is 5.75 Å². The predicted octanol–water partition coefficient (Wildman–Crippen LogP) is 3.79. The average molecular weight is 336 g/mol. The Morgan fingerprint density at radius 3 is 2.44 bits per heavy atom. The van der Waals surface area contributed by atoms with Gasteiger partial charge >= 0.3 is 5.97 Å². The number of ether oxygens (including phenoxy) is 2. The highest BCUT2D eigenvalue weighted by Gasteiger charge is 2.10. The van der Waals surface area contributed by atoms with Crippen LogP contribution in [0.4, 0.5) is 0 Å².